The van der Waals surface area contributed by atoms with Gasteiger partial charge in [-0.15, -0.1) is 0 Å². The highest BCUT2D eigenvalue weighted by Crippen LogP contribution is 2.73. The lowest BCUT2D eigenvalue weighted by molar-refractivity contribution is -0.176. The van der Waals surface area contributed by atoms with Crippen LogP contribution >= 0.6 is 0 Å². The fourth-order valence-electron chi connectivity index (χ4n) is 4.42. The molecule has 4 nitrogen and oxygen atoms in total. The van der Waals surface area contributed by atoms with Crippen LogP contribution < -0.4 is 0 Å². The highest BCUT2D eigenvalue weighted by Gasteiger charge is 2.73. The zero-order valence-corrected chi connectivity index (χ0v) is 10.3. The maximum atomic E-state index is 12.0. The number of fused-ring (bicyclic) bond motifs is 2. The van der Waals surface area contributed by atoms with Crippen LogP contribution in [-0.4, -0.2) is 26.2 Å². The molecule has 4 aliphatic rings. The second-order valence-corrected chi connectivity index (χ2v) is 5.74. The Kier molecular flexibility index (Phi) is 2.11. The number of hydrogen-bond acceptors (Lipinski definition) is 4. The largest absolute Gasteiger partial charge is 0.469 e. The third kappa shape index (κ3) is 1.14. The van der Waals surface area contributed by atoms with Gasteiger partial charge < -0.3 is 9.47 Å². The van der Waals surface area contributed by atoms with E-state index < -0.39 is 0 Å². The van der Waals surface area contributed by atoms with Gasteiger partial charge in [0.15, 0.2) is 0 Å². The minimum absolute atomic E-state index is 0.0665. The molecule has 0 unspecified atom stereocenters. The molecule has 4 aliphatic carbocycles. The minimum Gasteiger partial charge on any atom is -0.469 e. The smallest absolute Gasteiger partial charge is 0.312 e. The Balaban J connectivity index is 1.91. The molecule has 0 aromatic heterocycles. The summed E-state index contributed by atoms with van der Waals surface area (Å²) in [5, 5.41) is 0. The molecule has 4 heteroatoms. The van der Waals surface area contributed by atoms with Crippen molar-refractivity contribution in [1.82, 2.24) is 0 Å². The van der Waals surface area contributed by atoms with E-state index in [2.05, 4.69) is 0 Å². The van der Waals surface area contributed by atoms with Crippen molar-refractivity contribution in [1.29, 1.82) is 0 Å². The van der Waals surface area contributed by atoms with Gasteiger partial charge in [-0.1, -0.05) is 0 Å². The molecule has 0 aliphatic heterocycles. The van der Waals surface area contributed by atoms with Gasteiger partial charge in [0.25, 0.3) is 0 Å². The number of ether oxygens (including phenoxy) is 2. The van der Waals surface area contributed by atoms with Crippen LogP contribution in [0.25, 0.3) is 0 Å². The molecular formula is C13H18O4. The number of esters is 2. The Bertz CT molecular complexity index is 343. The molecule has 0 aromatic rings. The normalized spacial score (nSPS) is 46.0. The first-order valence-electron chi connectivity index (χ1n) is 6.27. The molecule has 4 rings (SSSR count). The van der Waals surface area contributed by atoms with Gasteiger partial charge in [0.05, 0.1) is 25.0 Å². The average molecular weight is 238 g/mol. The molecule has 4 saturated carbocycles. The van der Waals surface area contributed by atoms with E-state index in [1.165, 1.54) is 14.2 Å². The van der Waals surface area contributed by atoms with Crippen molar-refractivity contribution >= 4 is 11.9 Å². The number of carbonyl (C=O) groups is 2. The summed E-state index contributed by atoms with van der Waals surface area (Å²) < 4.78 is 9.94. The number of rotatable bonds is 2. The summed E-state index contributed by atoms with van der Waals surface area (Å²) in [5.41, 5.74) is -0.565. The third-order valence-corrected chi connectivity index (χ3v) is 5.43. The Morgan fingerprint density at radius 3 is 1.53 bits per heavy atom. The average Bonchev–Trinajstić information content (AvgIpc) is 3.20. The second kappa shape index (κ2) is 3.24. The van der Waals surface area contributed by atoms with Gasteiger partial charge in [-0.25, -0.2) is 0 Å². The topological polar surface area (TPSA) is 52.6 Å². The van der Waals surface area contributed by atoms with Crippen molar-refractivity contribution in [3.05, 3.63) is 0 Å². The fraction of sp³-hybridized carbons (Fsp3) is 0.846. The van der Waals surface area contributed by atoms with Crippen LogP contribution in [0, 0.1) is 22.7 Å². The third-order valence-electron chi connectivity index (χ3n) is 5.43. The first kappa shape index (κ1) is 11.1. The first-order valence-corrected chi connectivity index (χ1v) is 6.27. The van der Waals surface area contributed by atoms with Crippen LogP contribution in [0.1, 0.15) is 32.1 Å². The molecule has 0 saturated heterocycles. The van der Waals surface area contributed by atoms with E-state index in [1.807, 2.05) is 0 Å². The predicted molar refractivity (Wildman–Crippen MR) is 59.0 cm³/mol. The quantitative estimate of drug-likeness (QED) is 0.685. The van der Waals surface area contributed by atoms with Gasteiger partial charge in [-0.05, 0) is 43.9 Å². The lowest BCUT2D eigenvalue weighted by Gasteiger charge is -2.49. The van der Waals surface area contributed by atoms with E-state index in [1.54, 1.807) is 0 Å². The zero-order chi connectivity index (χ0) is 12.3. The molecule has 17 heavy (non-hydrogen) atoms. The van der Waals surface area contributed by atoms with Crippen LogP contribution in [0.2, 0.25) is 0 Å². The summed E-state index contributed by atoms with van der Waals surface area (Å²) in [4.78, 5) is 24.0. The van der Waals surface area contributed by atoms with E-state index in [9.17, 15) is 9.59 Å². The summed E-state index contributed by atoms with van der Waals surface area (Å²) in [6.45, 7) is 0. The first-order chi connectivity index (χ1) is 8.10. The molecule has 0 aromatic carbocycles. The van der Waals surface area contributed by atoms with Gasteiger partial charge in [-0.2, -0.15) is 0 Å². The van der Waals surface area contributed by atoms with Crippen molar-refractivity contribution in [2.24, 2.45) is 22.7 Å². The standard InChI is InChI=1S/C13H18O4/c1-16-10(14)12-3-5-13(6-4-12,11(15)17-2)9-7-8(9)12/h8-9H,3-7H2,1-2H3/t8-,9+,12?,13?. The molecule has 0 heterocycles. The van der Waals surface area contributed by atoms with E-state index in [-0.39, 0.29) is 22.8 Å². The Labute approximate surface area is 101 Å². The van der Waals surface area contributed by atoms with Crippen LogP contribution in [-0.2, 0) is 19.1 Å². The van der Waals surface area contributed by atoms with E-state index in [0.29, 0.717) is 11.8 Å². The van der Waals surface area contributed by atoms with Gasteiger partial charge in [-0.3, -0.25) is 9.59 Å². The summed E-state index contributed by atoms with van der Waals surface area (Å²) in [6, 6.07) is 0. The van der Waals surface area contributed by atoms with Crippen molar-refractivity contribution in [2.45, 2.75) is 32.1 Å². The van der Waals surface area contributed by atoms with Gasteiger partial charge in [0.1, 0.15) is 0 Å². The molecule has 0 amide bonds. The van der Waals surface area contributed by atoms with E-state index in [0.717, 1.165) is 32.1 Å². The fourth-order valence-corrected chi connectivity index (χ4v) is 4.42. The Morgan fingerprint density at radius 2 is 1.24 bits per heavy atom. The lowest BCUT2D eigenvalue weighted by atomic mass is 9.53. The summed E-state index contributed by atoms with van der Waals surface area (Å²) in [6.07, 6.45) is 4.14. The van der Waals surface area contributed by atoms with Crippen LogP contribution in [0.5, 0.6) is 0 Å². The maximum absolute atomic E-state index is 12.0. The van der Waals surface area contributed by atoms with Crippen molar-refractivity contribution < 1.29 is 19.1 Å². The number of methoxy groups -OCH3 is 2. The summed E-state index contributed by atoms with van der Waals surface area (Å²) >= 11 is 0. The minimum atomic E-state index is -0.283. The molecule has 0 N–H and O–H groups in total. The monoisotopic (exact) mass is 238 g/mol. The van der Waals surface area contributed by atoms with Gasteiger partial charge >= 0.3 is 11.9 Å². The van der Waals surface area contributed by atoms with Crippen LogP contribution in [0.4, 0.5) is 0 Å². The van der Waals surface area contributed by atoms with Crippen molar-refractivity contribution in [3.63, 3.8) is 0 Å². The van der Waals surface area contributed by atoms with Crippen LogP contribution in [0.15, 0.2) is 0 Å². The summed E-state index contributed by atoms with van der Waals surface area (Å²) in [5.74, 6) is 0.583. The SMILES string of the molecule is COC(=O)C12CCC(C(=O)OC)(CC1)[C@H]1C[C@H]12. The Hall–Kier alpha value is -1.06. The van der Waals surface area contributed by atoms with Crippen molar-refractivity contribution in [2.75, 3.05) is 14.2 Å². The highest BCUT2D eigenvalue weighted by molar-refractivity contribution is 5.83. The highest BCUT2D eigenvalue weighted by atomic mass is 16.5. The molecule has 94 valence electrons. The maximum Gasteiger partial charge on any atom is 0.312 e. The number of carbonyl (C=O) groups excluding carboxylic acids is 2. The predicted octanol–water partition coefficient (Wildman–Crippen LogP) is 1.53. The molecule has 2 bridgehead atoms. The molecule has 0 radical (unpaired) electrons. The molecular weight excluding hydrogens is 220 g/mol. The molecule has 0 spiro atoms. The van der Waals surface area contributed by atoms with E-state index >= 15 is 0 Å². The number of hydrogen-bond donors (Lipinski definition) is 0. The second-order valence-electron chi connectivity index (χ2n) is 5.74. The summed E-state index contributed by atoms with van der Waals surface area (Å²) in [7, 11) is 2.93. The zero-order valence-electron chi connectivity index (χ0n) is 10.3. The van der Waals surface area contributed by atoms with E-state index in [4.69, 9.17) is 9.47 Å². The molecule has 4 fully saturated rings. The van der Waals surface area contributed by atoms with Crippen LogP contribution in [0.3, 0.4) is 0 Å². The van der Waals surface area contributed by atoms with Gasteiger partial charge in [0, 0.05) is 0 Å². The van der Waals surface area contributed by atoms with Crippen molar-refractivity contribution in [3.8, 4) is 0 Å². The Morgan fingerprint density at radius 1 is 0.882 bits per heavy atom. The lowest BCUT2D eigenvalue weighted by Crippen LogP contribution is -2.52. The van der Waals surface area contributed by atoms with Gasteiger partial charge in [0.2, 0.25) is 0 Å². The molecule has 2 atom stereocenters.